The number of nitrogens with zero attached hydrogens (tertiary/aromatic N) is 4. The van der Waals surface area contributed by atoms with E-state index < -0.39 is 0 Å². The maximum Gasteiger partial charge on any atom is 0.275 e. The molecular formula is C25H27N5O2. The quantitative estimate of drug-likeness (QED) is 0.424. The number of anilines is 1. The second-order valence-electron chi connectivity index (χ2n) is 7.72. The minimum absolute atomic E-state index is 0.127. The zero-order valence-electron chi connectivity index (χ0n) is 18.6. The topological polar surface area (TPSA) is 81.9 Å². The van der Waals surface area contributed by atoms with Crippen LogP contribution in [-0.2, 0) is 6.42 Å². The van der Waals surface area contributed by atoms with Crippen LogP contribution in [0.25, 0.3) is 10.8 Å². The molecule has 0 aliphatic carbocycles. The van der Waals surface area contributed by atoms with Crippen molar-refractivity contribution in [1.82, 2.24) is 19.7 Å². The third-order valence-corrected chi connectivity index (χ3v) is 5.49. The van der Waals surface area contributed by atoms with Crippen molar-refractivity contribution in [2.75, 3.05) is 19.0 Å². The molecule has 0 radical (unpaired) electrons. The normalized spacial score (nSPS) is 12.0. The molecule has 1 atom stereocenters. The van der Waals surface area contributed by atoms with Gasteiger partial charge in [-0.25, -0.2) is 14.6 Å². The minimum atomic E-state index is -0.317. The molecule has 0 fully saturated rings. The highest BCUT2D eigenvalue weighted by atomic mass is 16.5. The Kier molecular flexibility index (Phi) is 6.44. The Morgan fingerprint density at radius 1 is 1.09 bits per heavy atom. The first kappa shape index (κ1) is 21.5. The standard InChI is InChI=1S/C25H27N5O2/c1-17(30-25(31)21-12-6-4-10-20(21)16-27-30)22-15-24(29-18(2)28-22)26-14-8-11-19-9-5-7-13-23(19)32-3/h4-7,9-10,12-13,15-17H,8,11,14H2,1-3H3,(H,26,28,29)/t17-/m0/s1. The Morgan fingerprint density at radius 2 is 1.88 bits per heavy atom. The molecule has 4 aromatic rings. The largest absolute Gasteiger partial charge is 0.496 e. The fourth-order valence-electron chi connectivity index (χ4n) is 3.81. The third-order valence-electron chi connectivity index (χ3n) is 5.49. The fourth-order valence-corrected chi connectivity index (χ4v) is 3.81. The molecule has 0 aliphatic rings. The van der Waals surface area contributed by atoms with E-state index in [9.17, 15) is 4.79 Å². The molecule has 0 bridgehead atoms. The molecule has 0 saturated heterocycles. The molecule has 2 heterocycles. The van der Waals surface area contributed by atoms with E-state index in [1.807, 2.05) is 62.4 Å². The zero-order valence-corrected chi connectivity index (χ0v) is 18.6. The van der Waals surface area contributed by atoms with Crippen molar-refractivity contribution in [2.45, 2.75) is 32.7 Å². The predicted molar refractivity (Wildman–Crippen MR) is 126 cm³/mol. The van der Waals surface area contributed by atoms with Gasteiger partial charge in [-0.05, 0) is 44.4 Å². The van der Waals surface area contributed by atoms with Gasteiger partial charge in [0.25, 0.3) is 5.56 Å². The van der Waals surface area contributed by atoms with Crippen LogP contribution in [0.15, 0.2) is 65.6 Å². The maximum atomic E-state index is 12.9. The lowest BCUT2D eigenvalue weighted by molar-refractivity contribution is 0.409. The third kappa shape index (κ3) is 4.61. The SMILES string of the molecule is COc1ccccc1CCCNc1cc([C@H](C)n2ncc3ccccc3c2=O)nc(C)n1. The summed E-state index contributed by atoms with van der Waals surface area (Å²) in [5, 5.41) is 9.24. The van der Waals surface area contributed by atoms with E-state index in [1.165, 1.54) is 10.2 Å². The summed E-state index contributed by atoms with van der Waals surface area (Å²) in [5.74, 6) is 2.30. The van der Waals surface area contributed by atoms with Gasteiger partial charge in [0, 0.05) is 18.0 Å². The number of benzene rings is 2. The Bertz CT molecular complexity index is 1280. The monoisotopic (exact) mass is 429 g/mol. The van der Waals surface area contributed by atoms with E-state index in [0.717, 1.165) is 42.0 Å². The van der Waals surface area contributed by atoms with E-state index >= 15 is 0 Å². The van der Waals surface area contributed by atoms with Gasteiger partial charge in [-0.2, -0.15) is 5.10 Å². The summed E-state index contributed by atoms with van der Waals surface area (Å²) in [6, 6.07) is 17.1. The van der Waals surface area contributed by atoms with Gasteiger partial charge in [0.05, 0.1) is 30.4 Å². The molecule has 7 heteroatoms. The number of aryl methyl sites for hydroxylation is 2. The lowest BCUT2D eigenvalue weighted by Gasteiger charge is -2.16. The molecule has 0 unspecified atom stereocenters. The number of nitrogens with one attached hydrogen (secondary N) is 1. The summed E-state index contributed by atoms with van der Waals surface area (Å²) < 4.78 is 6.90. The van der Waals surface area contributed by atoms with E-state index in [-0.39, 0.29) is 11.6 Å². The molecule has 0 aliphatic heterocycles. The van der Waals surface area contributed by atoms with E-state index in [1.54, 1.807) is 13.3 Å². The van der Waals surface area contributed by atoms with Crippen molar-refractivity contribution in [3.8, 4) is 5.75 Å². The summed E-state index contributed by atoms with van der Waals surface area (Å²) >= 11 is 0. The second-order valence-corrected chi connectivity index (χ2v) is 7.72. The Hall–Kier alpha value is -3.74. The molecule has 7 nitrogen and oxygen atoms in total. The number of hydrogen-bond donors (Lipinski definition) is 1. The van der Waals surface area contributed by atoms with Crippen molar-refractivity contribution >= 4 is 16.6 Å². The summed E-state index contributed by atoms with van der Waals surface area (Å²) in [7, 11) is 1.69. The number of aromatic nitrogens is 4. The number of fused-ring (bicyclic) bond motifs is 1. The first-order chi connectivity index (χ1) is 15.6. The minimum Gasteiger partial charge on any atom is -0.496 e. The van der Waals surface area contributed by atoms with Crippen LogP contribution in [0.1, 0.15) is 36.5 Å². The summed E-state index contributed by atoms with van der Waals surface area (Å²) in [5.41, 5.74) is 1.81. The van der Waals surface area contributed by atoms with E-state index in [0.29, 0.717) is 11.2 Å². The lowest BCUT2D eigenvalue weighted by Crippen LogP contribution is -2.27. The van der Waals surface area contributed by atoms with Gasteiger partial charge in [0.15, 0.2) is 0 Å². The van der Waals surface area contributed by atoms with Crippen LogP contribution in [0, 0.1) is 6.92 Å². The molecule has 4 rings (SSSR count). The number of ether oxygens (including phenoxy) is 1. The van der Waals surface area contributed by atoms with Crippen LogP contribution in [0.2, 0.25) is 0 Å². The van der Waals surface area contributed by atoms with Gasteiger partial charge in [0.1, 0.15) is 17.4 Å². The van der Waals surface area contributed by atoms with E-state index in [4.69, 9.17) is 4.74 Å². The van der Waals surface area contributed by atoms with Gasteiger partial charge in [-0.3, -0.25) is 4.79 Å². The van der Waals surface area contributed by atoms with Crippen molar-refractivity contribution in [3.05, 3.63) is 88.2 Å². The smallest absolute Gasteiger partial charge is 0.275 e. The predicted octanol–water partition coefficient (Wildman–Crippen LogP) is 4.16. The van der Waals surface area contributed by atoms with E-state index in [2.05, 4.69) is 26.4 Å². The molecule has 164 valence electrons. The van der Waals surface area contributed by atoms with Crippen LogP contribution in [0.4, 0.5) is 5.82 Å². The summed E-state index contributed by atoms with van der Waals surface area (Å²) in [6.07, 6.45) is 3.55. The van der Waals surface area contributed by atoms with Gasteiger partial charge in [-0.1, -0.05) is 36.4 Å². The average Bonchev–Trinajstić information content (AvgIpc) is 2.82. The summed E-state index contributed by atoms with van der Waals surface area (Å²) in [6.45, 7) is 4.54. The van der Waals surface area contributed by atoms with Crippen molar-refractivity contribution < 1.29 is 4.74 Å². The highest BCUT2D eigenvalue weighted by molar-refractivity contribution is 5.80. The molecule has 0 spiro atoms. The molecule has 0 saturated carbocycles. The maximum absolute atomic E-state index is 12.9. The van der Waals surface area contributed by atoms with Gasteiger partial charge < -0.3 is 10.1 Å². The number of methoxy groups -OCH3 is 1. The highest BCUT2D eigenvalue weighted by Crippen LogP contribution is 2.20. The van der Waals surface area contributed by atoms with Crippen molar-refractivity contribution in [2.24, 2.45) is 0 Å². The number of para-hydroxylation sites is 1. The van der Waals surface area contributed by atoms with Crippen LogP contribution in [0.3, 0.4) is 0 Å². The molecule has 0 amide bonds. The zero-order chi connectivity index (χ0) is 22.5. The summed E-state index contributed by atoms with van der Waals surface area (Å²) in [4.78, 5) is 22.0. The van der Waals surface area contributed by atoms with Crippen molar-refractivity contribution in [3.63, 3.8) is 0 Å². The number of hydrogen-bond acceptors (Lipinski definition) is 6. The second kappa shape index (κ2) is 9.60. The Morgan fingerprint density at radius 3 is 2.72 bits per heavy atom. The highest BCUT2D eigenvalue weighted by Gasteiger charge is 2.16. The first-order valence-corrected chi connectivity index (χ1v) is 10.7. The van der Waals surface area contributed by atoms with Gasteiger partial charge in [0.2, 0.25) is 0 Å². The number of rotatable bonds is 8. The molecule has 2 aromatic carbocycles. The van der Waals surface area contributed by atoms with Crippen LogP contribution in [0.5, 0.6) is 5.75 Å². The van der Waals surface area contributed by atoms with Crippen LogP contribution < -0.4 is 15.6 Å². The Balaban J connectivity index is 1.48. The van der Waals surface area contributed by atoms with Crippen LogP contribution in [-0.4, -0.2) is 33.4 Å². The average molecular weight is 430 g/mol. The lowest BCUT2D eigenvalue weighted by atomic mass is 10.1. The fraction of sp³-hybridized carbons (Fsp3) is 0.280. The van der Waals surface area contributed by atoms with Crippen LogP contribution >= 0.6 is 0 Å². The molecule has 1 N–H and O–H groups in total. The molecular weight excluding hydrogens is 402 g/mol. The van der Waals surface area contributed by atoms with Crippen molar-refractivity contribution in [1.29, 1.82) is 0 Å². The molecule has 2 aromatic heterocycles. The Labute approximate surface area is 187 Å². The van der Waals surface area contributed by atoms with Gasteiger partial charge in [-0.15, -0.1) is 0 Å². The first-order valence-electron chi connectivity index (χ1n) is 10.7. The molecule has 32 heavy (non-hydrogen) atoms. The van der Waals surface area contributed by atoms with Gasteiger partial charge >= 0.3 is 0 Å².